The zero-order valence-electron chi connectivity index (χ0n) is 7.71. The molecule has 1 heteroatoms. The summed E-state index contributed by atoms with van der Waals surface area (Å²) in [4.78, 5) is 4.55. The molecule has 0 saturated carbocycles. The van der Waals surface area contributed by atoms with Crippen LogP contribution in [-0.4, -0.2) is 12.3 Å². The van der Waals surface area contributed by atoms with Gasteiger partial charge in [-0.05, 0) is 31.4 Å². The third-order valence-corrected chi connectivity index (χ3v) is 2.62. The molecular weight excluding hydrogens is 134 g/mol. The van der Waals surface area contributed by atoms with Crippen molar-refractivity contribution in [3.8, 4) is 0 Å². The Balaban J connectivity index is 2.43. The van der Waals surface area contributed by atoms with Gasteiger partial charge in [-0.2, -0.15) is 0 Å². The Morgan fingerprint density at radius 2 is 2.27 bits per heavy atom. The summed E-state index contributed by atoms with van der Waals surface area (Å²) in [5, 5.41) is 0. The highest BCUT2D eigenvalue weighted by Crippen LogP contribution is 2.24. The minimum atomic E-state index is 0.652. The molecule has 1 heterocycles. The average molecular weight is 153 g/mol. The number of hydrogen-bond acceptors (Lipinski definition) is 1. The molecule has 0 amide bonds. The Labute approximate surface area is 69.9 Å². The van der Waals surface area contributed by atoms with Crippen LogP contribution in [0, 0.1) is 5.92 Å². The van der Waals surface area contributed by atoms with Crippen LogP contribution >= 0.6 is 0 Å². The van der Waals surface area contributed by atoms with E-state index in [1.54, 1.807) is 0 Å². The van der Waals surface area contributed by atoms with Crippen molar-refractivity contribution in [1.82, 2.24) is 0 Å². The predicted octanol–water partition coefficient (Wildman–Crippen LogP) is 3.05. The second-order valence-electron chi connectivity index (χ2n) is 3.43. The van der Waals surface area contributed by atoms with Crippen molar-refractivity contribution < 1.29 is 0 Å². The maximum atomic E-state index is 4.55. The van der Waals surface area contributed by atoms with Gasteiger partial charge in [0.2, 0.25) is 0 Å². The molecule has 0 aromatic rings. The molecule has 0 spiro atoms. The predicted molar refractivity (Wildman–Crippen MR) is 50.2 cm³/mol. The Kier molecular flexibility index (Phi) is 3.61. The molecule has 0 aromatic heterocycles. The molecule has 0 N–H and O–H groups in total. The summed E-state index contributed by atoms with van der Waals surface area (Å²) < 4.78 is 0. The van der Waals surface area contributed by atoms with E-state index in [9.17, 15) is 0 Å². The third-order valence-electron chi connectivity index (χ3n) is 2.62. The maximum Gasteiger partial charge on any atom is 0.0523 e. The summed E-state index contributed by atoms with van der Waals surface area (Å²) >= 11 is 0. The van der Waals surface area contributed by atoms with Crippen LogP contribution in [0.4, 0.5) is 0 Å². The zero-order chi connectivity index (χ0) is 8.10. The van der Waals surface area contributed by atoms with Crippen LogP contribution in [0.3, 0.4) is 0 Å². The SMILES string of the molecule is CCCC1N=CCC[C@@H]1CC. The van der Waals surface area contributed by atoms with Crippen molar-refractivity contribution in [3.05, 3.63) is 0 Å². The van der Waals surface area contributed by atoms with Gasteiger partial charge in [-0.3, -0.25) is 4.99 Å². The first kappa shape index (κ1) is 8.76. The minimum Gasteiger partial charge on any atom is -0.294 e. The average Bonchev–Trinajstić information content (AvgIpc) is 2.06. The first-order valence-electron chi connectivity index (χ1n) is 4.90. The van der Waals surface area contributed by atoms with E-state index in [1.165, 1.54) is 32.1 Å². The molecule has 11 heavy (non-hydrogen) atoms. The van der Waals surface area contributed by atoms with Gasteiger partial charge in [-0.15, -0.1) is 0 Å². The van der Waals surface area contributed by atoms with E-state index < -0.39 is 0 Å². The lowest BCUT2D eigenvalue weighted by Crippen LogP contribution is -2.21. The van der Waals surface area contributed by atoms with Crippen molar-refractivity contribution in [3.63, 3.8) is 0 Å². The largest absolute Gasteiger partial charge is 0.294 e. The van der Waals surface area contributed by atoms with Crippen molar-refractivity contribution in [2.45, 2.75) is 52.0 Å². The van der Waals surface area contributed by atoms with E-state index >= 15 is 0 Å². The molecule has 0 radical (unpaired) electrons. The third kappa shape index (κ3) is 2.32. The van der Waals surface area contributed by atoms with Gasteiger partial charge in [-0.25, -0.2) is 0 Å². The molecule has 0 saturated heterocycles. The standard InChI is InChI=1S/C10H19N/c1-3-6-10-9(4-2)7-5-8-11-10/h8-10H,3-7H2,1-2H3/t9-,10?/m0/s1. The fraction of sp³-hybridized carbons (Fsp3) is 0.900. The van der Waals surface area contributed by atoms with E-state index in [0.29, 0.717) is 6.04 Å². The second kappa shape index (κ2) is 4.53. The Hall–Kier alpha value is -0.330. The minimum absolute atomic E-state index is 0.652. The molecule has 1 rings (SSSR count). The molecule has 2 atom stereocenters. The Bertz CT molecular complexity index is 129. The molecule has 1 aliphatic rings. The normalized spacial score (nSPS) is 30.7. The fourth-order valence-corrected chi connectivity index (χ4v) is 1.89. The molecule has 0 aromatic carbocycles. The van der Waals surface area contributed by atoms with Crippen molar-refractivity contribution >= 4 is 6.21 Å². The molecule has 0 fully saturated rings. The highest BCUT2D eigenvalue weighted by Gasteiger charge is 2.19. The first-order valence-corrected chi connectivity index (χ1v) is 4.90. The molecular formula is C10H19N. The summed E-state index contributed by atoms with van der Waals surface area (Å²) in [5.74, 6) is 0.875. The lowest BCUT2D eigenvalue weighted by Gasteiger charge is -2.25. The quantitative estimate of drug-likeness (QED) is 0.591. The first-order chi connectivity index (χ1) is 5.38. The summed E-state index contributed by atoms with van der Waals surface area (Å²) in [6.07, 6.45) is 8.56. The van der Waals surface area contributed by atoms with Gasteiger partial charge in [0.05, 0.1) is 6.04 Å². The van der Waals surface area contributed by atoms with Gasteiger partial charge in [0, 0.05) is 0 Å². The van der Waals surface area contributed by atoms with Crippen molar-refractivity contribution in [2.75, 3.05) is 0 Å². The smallest absolute Gasteiger partial charge is 0.0523 e. The Morgan fingerprint density at radius 3 is 2.91 bits per heavy atom. The van der Waals surface area contributed by atoms with Crippen molar-refractivity contribution in [2.24, 2.45) is 10.9 Å². The fourth-order valence-electron chi connectivity index (χ4n) is 1.89. The second-order valence-corrected chi connectivity index (χ2v) is 3.43. The van der Waals surface area contributed by atoms with Crippen LogP contribution in [-0.2, 0) is 0 Å². The Morgan fingerprint density at radius 1 is 1.45 bits per heavy atom. The molecule has 1 nitrogen and oxygen atoms in total. The molecule has 64 valence electrons. The van der Waals surface area contributed by atoms with E-state index in [-0.39, 0.29) is 0 Å². The van der Waals surface area contributed by atoms with Gasteiger partial charge in [0.25, 0.3) is 0 Å². The summed E-state index contributed by atoms with van der Waals surface area (Å²) in [6.45, 7) is 4.53. The van der Waals surface area contributed by atoms with Crippen LogP contribution in [0.2, 0.25) is 0 Å². The molecule has 1 aliphatic heterocycles. The topological polar surface area (TPSA) is 12.4 Å². The van der Waals surface area contributed by atoms with E-state index in [4.69, 9.17) is 0 Å². The highest BCUT2D eigenvalue weighted by molar-refractivity contribution is 5.58. The van der Waals surface area contributed by atoms with E-state index in [1.807, 2.05) is 0 Å². The van der Waals surface area contributed by atoms with Crippen LogP contribution < -0.4 is 0 Å². The number of aliphatic imine (C=N–C) groups is 1. The van der Waals surface area contributed by atoms with Crippen LogP contribution in [0.1, 0.15) is 46.0 Å². The lowest BCUT2D eigenvalue weighted by atomic mass is 9.88. The summed E-state index contributed by atoms with van der Waals surface area (Å²) in [5.41, 5.74) is 0. The zero-order valence-corrected chi connectivity index (χ0v) is 7.71. The number of rotatable bonds is 3. The lowest BCUT2D eigenvalue weighted by molar-refractivity contribution is 0.359. The van der Waals surface area contributed by atoms with Gasteiger partial charge >= 0.3 is 0 Å². The molecule has 0 bridgehead atoms. The molecule has 1 unspecified atom stereocenters. The van der Waals surface area contributed by atoms with Crippen LogP contribution in [0.5, 0.6) is 0 Å². The molecule has 0 aliphatic carbocycles. The monoisotopic (exact) mass is 153 g/mol. The van der Waals surface area contributed by atoms with Gasteiger partial charge < -0.3 is 0 Å². The van der Waals surface area contributed by atoms with Crippen LogP contribution in [0.15, 0.2) is 4.99 Å². The van der Waals surface area contributed by atoms with Gasteiger partial charge in [0.15, 0.2) is 0 Å². The summed E-state index contributed by atoms with van der Waals surface area (Å²) in [7, 11) is 0. The van der Waals surface area contributed by atoms with Gasteiger partial charge in [0.1, 0.15) is 0 Å². The number of hydrogen-bond donors (Lipinski definition) is 0. The summed E-state index contributed by atoms with van der Waals surface area (Å²) in [6, 6.07) is 0.652. The van der Waals surface area contributed by atoms with Gasteiger partial charge in [-0.1, -0.05) is 26.7 Å². The van der Waals surface area contributed by atoms with E-state index in [0.717, 1.165) is 5.92 Å². The van der Waals surface area contributed by atoms with Crippen LogP contribution in [0.25, 0.3) is 0 Å². The van der Waals surface area contributed by atoms with Crippen molar-refractivity contribution in [1.29, 1.82) is 0 Å². The maximum absolute atomic E-state index is 4.55. The number of nitrogens with zero attached hydrogens (tertiary/aromatic N) is 1. The van der Waals surface area contributed by atoms with E-state index in [2.05, 4.69) is 25.1 Å². The highest BCUT2D eigenvalue weighted by atomic mass is 14.8.